The Balaban J connectivity index is 4.44. The van der Waals surface area contributed by atoms with Crippen molar-refractivity contribution in [1.82, 2.24) is 0 Å². The van der Waals surface area contributed by atoms with Crippen LogP contribution < -0.4 is 0 Å². The summed E-state index contributed by atoms with van der Waals surface area (Å²) in [5, 5.41) is 0. The minimum Gasteiger partial charge on any atom is -0.233 e. The lowest BCUT2D eigenvalue weighted by Gasteiger charge is -2.34. The summed E-state index contributed by atoms with van der Waals surface area (Å²) in [5.74, 6) is 0. The first kappa shape index (κ1) is 31.7. The fourth-order valence-corrected chi connectivity index (χ4v) is 1.88. The summed E-state index contributed by atoms with van der Waals surface area (Å²) in [6, 6.07) is 0. The van der Waals surface area contributed by atoms with Gasteiger partial charge in [-0.15, -0.1) is 0 Å². The van der Waals surface area contributed by atoms with Gasteiger partial charge in [0.15, 0.2) is 0 Å². The lowest BCUT2D eigenvalue weighted by Crippen LogP contribution is -2.39. The van der Waals surface area contributed by atoms with Gasteiger partial charge in [-0.25, -0.2) is 39.1 Å². The number of hydrogen-bond acceptors (Lipinski definition) is 8. The van der Waals surface area contributed by atoms with Crippen molar-refractivity contribution in [3.05, 3.63) is 0 Å². The fraction of sp³-hybridized carbons (Fsp3) is 1.00. The maximum Gasteiger partial charge on any atom is 0.124 e. The molecular formula is C24H50O8. The van der Waals surface area contributed by atoms with Crippen LogP contribution in [0.5, 0.6) is 0 Å². The van der Waals surface area contributed by atoms with Gasteiger partial charge >= 0.3 is 0 Å². The van der Waals surface area contributed by atoms with Gasteiger partial charge in [-0.2, -0.15) is 0 Å². The first-order valence-corrected chi connectivity index (χ1v) is 11.4. The standard InChI is InChI=1S/C24H50O8/c1-19(2,3)27-25-17-23(11,12)31-29-21(7,8)15-16-22(9,10)30-32-24(13,14)18-26-28-20(4,5)6/h15-18H2,1-14H3. The Hall–Kier alpha value is -0.320. The van der Waals surface area contributed by atoms with Crippen LogP contribution >= 0.6 is 0 Å². The van der Waals surface area contributed by atoms with E-state index in [0.717, 1.165) is 0 Å². The van der Waals surface area contributed by atoms with Gasteiger partial charge in [-0.05, 0) is 110 Å². The normalized spacial score (nSPS) is 14.8. The summed E-state index contributed by atoms with van der Waals surface area (Å²) < 4.78 is 0. The van der Waals surface area contributed by atoms with Crippen LogP contribution in [0.3, 0.4) is 0 Å². The summed E-state index contributed by atoms with van der Waals surface area (Å²) in [6.07, 6.45) is 1.37. The van der Waals surface area contributed by atoms with Gasteiger partial charge in [0.05, 0.1) is 22.4 Å². The van der Waals surface area contributed by atoms with E-state index in [2.05, 4.69) is 0 Å². The second-order valence-electron chi connectivity index (χ2n) is 12.8. The first-order valence-electron chi connectivity index (χ1n) is 11.4. The predicted octanol–water partition coefficient (Wildman–Crippen LogP) is 6.27. The van der Waals surface area contributed by atoms with E-state index >= 15 is 0 Å². The Labute approximate surface area is 196 Å². The number of rotatable bonds is 15. The number of hydrogen-bond donors (Lipinski definition) is 0. The Kier molecular flexibility index (Phi) is 11.8. The van der Waals surface area contributed by atoms with Gasteiger partial charge in [-0.1, -0.05) is 0 Å². The molecule has 0 heterocycles. The van der Waals surface area contributed by atoms with Crippen LogP contribution in [0.4, 0.5) is 0 Å². The van der Waals surface area contributed by atoms with Crippen molar-refractivity contribution in [3.8, 4) is 0 Å². The largest absolute Gasteiger partial charge is 0.233 e. The minimum absolute atomic E-state index is 0.235. The van der Waals surface area contributed by atoms with Crippen LogP contribution in [0.1, 0.15) is 110 Å². The molecule has 0 bridgehead atoms. The highest BCUT2D eigenvalue weighted by Crippen LogP contribution is 2.28. The van der Waals surface area contributed by atoms with Crippen molar-refractivity contribution in [2.24, 2.45) is 0 Å². The highest BCUT2D eigenvalue weighted by Gasteiger charge is 2.33. The molecule has 0 aromatic carbocycles. The smallest absolute Gasteiger partial charge is 0.124 e. The van der Waals surface area contributed by atoms with Crippen molar-refractivity contribution in [1.29, 1.82) is 0 Å². The van der Waals surface area contributed by atoms with Crippen molar-refractivity contribution in [3.63, 3.8) is 0 Å². The maximum atomic E-state index is 5.73. The van der Waals surface area contributed by atoms with Crippen molar-refractivity contribution in [2.75, 3.05) is 13.2 Å². The monoisotopic (exact) mass is 466 g/mol. The molecular weight excluding hydrogens is 416 g/mol. The molecule has 0 rings (SSSR count). The molecule has 0 atom stereocenters. The van der Waals surface area contributed by atoms with E-state index in [1.807, 2.05) is 96.9 Å². The molecule has 8 nitrogen and oxygen atoms in total. The van der Waals surface area contributed by atoms with Crippen LogP contribution in [0.2, 0.25) is 0 Å². The Morgan fingerprint density at radius 2 is 0.594 bits per heavy atom. The fourth-order valence-electron chi connectivity index (χ4n) is 1.88. The molecule has 0 spiro atoms. The molecule has 0 aromatic rings. The average Bonchev–Trinajstić information content (AvgIpc) is 2.55. The third kappa shape index (κ3) is 18.1. The van der Waals surface area contributed by atoms with E-state index in [-0.39, 0.29) is 24.4 Å². The van der Waals surface area contributed by atoms with E-state index in [1.165, 1.54) is 0 Å². The third-order valence-electron chi connectivity index (χ3n) is 3.75. The van der Waals surface area contributed by atoms with E-state index in [4.69, 9.17) is 39.1 Å². The second-order valence-corrected chi connectivity index (χ2v) is 12.8. The summed E-state index contributed by atoms with van der Waals surface area (Å²) in [7, 11) is 0. The van der Waals surface area contributed by atoms with Crippen molar-refractivity contribution in [2.45, 2.75) is 143 Å². The molecule has 8 heteroatoms. The zero-order valence-electron chi connectivity index (χ0n) is 23.1. The van der Waals surface area contributed by atoms with Gasteiger partial charge in [0, 0.05) is 0 Å². The zero-order chi connectivity index (χ0) is 25.5. The maximum absolute atomic E-state index is 5.73. The Bertz CT molecular complexity index is 479. The molecule has 0 aliphatic rings. The molecule has 0 saturated heterocycles. The van der Waals surface area contributed by atoms with Gasteiger partial charge in [-0.3, -0.25) is 0 Å². The molecule has 0 aliphatic carbocycles. The molecule has 32 heavy (non-hydrogen) atoms. The van der Waals surface area contributed by atoms with Crippen LogP contribution in [-0.4, -0.2) is 46.8 Å². The zero-order valence-corrected chi connectivity index (χ0v) is 23.1. The van der Waals surface area contributed by atoms with Crippen molar-refractivity contribution < 1.29 is 39.1 Å². The van der Waals surface area contributed by atoms with Crippen LogP contribution in [-0.2, 0) is 39.1 Å². The van der Waals surface area contributed by atoms with E-state index < -0.39 is 22.4 Å². The molecule has 0 aliphatic heterocycles. The van der Waals surface area contributed by atoms with E-state index in [9.17, 15) is 0 Å². The highest BCUT2D eigenvalue weighted by atomic mass is 17.2. The van der Waals surface area contributed by atoms with Gasteiger partial charge in [0.1, 0.15) is 24.4 Å². The van der Waals surface area contributed by atoms with Crippen LogP contribution in [0.25, 0.3) is 0 Å². The first-order chi connectivity index (χ1) is 14.0. The van der Waals surface area contributed by atoms with Gasteiger partial charge in [0.2, 0.25) is 0 Å². The summed E-state index contributed by atoms with van der Waals surface area (Å²) >= 11 is 0. The molecule has 0 N–H and O–H groups in total. The van der Waals surface area contributed by atoms with E-state index in [1.54, 1.807) is 0 Å². The molecule has 0 radical (unpaired) electrons. The van der Waals surface area contributed by atoms with Gasteiger partial charge < -0.3 is 0 Å². The molecule has 0 saturated carbocycles. The lowest BCUT2D eigenvalue weighted by atomic mass is 9.94. The molecule has 0 unspecified atom stereocenters. The van der Waals surface area contributed by atoms with E-state index in [0.29, 0.717) is 12.8 Å². The Morgan fingerprint density at radius 3 is 0.844 bits per heavy atom. The molecule has 0 amide bonds. The summed E-state index contributed by atoms with van der Waals surface area (Å²) in [5.41, 5.74) is -3.19. The minimum atomic E-state index is -0.670. The Morgan fingerprint density at radius 1 is 0.344 bits per heavy atom. The molecule has 0 fully saturated rings. The second kappa shape index (κ2) is 11.9. The van der Waals surface area contributed by atoms with Crippen molar-refractivity contribution >= 4 is 0 Å². The third-order valence-corrected chi connectivity index (χ3v) is 3.75. The summed E-state index contributed by atoms with van der Waals surface area (Å²) in [6.45, 7) is 27.4. The topological polar surface area (TPSA) is 73.8 Å². The highest BCUT2D eigenvalue weighted by molar-refractivity contribution is 4.76. The average molecular weight is 467 g/mol. The SMILES string of the molecule is CC(C)(C)OOCC(C)(C)OOC(C)(C)CCC(C)(C)OOC(C)(C)COOC(C)(C)C. The lowest BCUT2D eigenvalue weighted by molar-refractivity contribution is -0.441. The quantitative estimate of drug-likeness (QED) is 0.206. The molecule has 0 aromatic heterocycles. The van der Waals surface area contributed by atoms with Crippen LogP contribution in [0.15, 0.2) is 0 Å². The predicted molar refractivity (Wildman–Crippen MR) is 123 cm³/mol. The molecule has 194 valence electrons. The van der Waals surface area contributed by atoms with Gasteiger partial charge in [0.25, 0.3) is 0 Å². The summed E-state index contributed by atoms with van der Waals surface area (Å²) in [4.78, 5) is 44.0. The van der Waals surface area contributed by atoms with Crippen LogP contribution in [0, 0.1) is 0 Å².